The Morgan fingerprint density at radius 3 is 2.54 bits per heavy atom. The van der Waals surface area contributed by atoms with Crippen LogP contribution >= 0.6 is 0 Å². The number of benzene rings is 2. The molecule has 2 rings (SSSR count). The summed E-state index contributed by atoms with van der Waals surface area (Å²) in [4.78, 5) is 24.1. The van der Waals surface area contributed by atoms with Gasteiger partial charge in [-0.05, 0) is 48.7 Å². The number of amides is 2. The average molecular weight is 326 g/mol. The standard InChI is InChI=1S/C19H22N2O3/c1-12-8-9-14(10-17(12)24-4)11-18(22)21-16-7-5-6-15(13(16)2)19(23)20-3/h5-10H,11H2,1-4H3,(H,20,23)(H,21,22). The Morgan fingerprint density at radius 2 is 1.88 bits per heavy atom. The normalized spacial score (nSPS) is 10.2. The summed E-state index contributed by atoms with van der Waals surface area (Å²) in [7, 11) is 3.19. The van der Waals surface area contributed by atoms with Crippen molar-refractivity contribution >= 4 is 17.5 Å². The van der Waals surface area contributed by atoms with Gasteiger partial charge in [-0.25, -0.2) is 0 Å². The number of rotatable bonds is 5. The molecule has 0 aliphatic heterocycles. The zero-order valence-electron chi connectivity index (χ0n) is 14.4. The molecular formula is C19H22N2O3. The fourth-order valence-corrected chi connectivity index (χ4v) is 2.51. The highest BCUT2D eigenvalue weighted by Crippen LogP contribution is 2.21. The Labute approximate surface area is 142 Å². The van der Waals surface area contributed by atoms with Crippen LogP contribution in [0.25, 0.3) is 0 Å². The number of anilines is 1. The molecular weight excluding hydrogens is 304 g/mol. The van der Waals surface area contributed by atoms with Crippen molar-refractivity contribution in [3.63, 3.8) is 0 Å². The van der Waals surface area contributed by atoms with Crippen LogP contribution in [-0.2, 0) is 11.2 Å². The highest BCUT2D eigenvalue weighted by atomic mass is 16.5. The molecule has 0 atom stereocenters. The Balaban J connectivity index is 2.14. The Bertz CT molecular complexity index is 769. The van der Waals surface area contributed by atoms with Crippen molar-refractivity contribution in [2.75, 3.05) is 19.5 Å². The minimum absolute atomic E-state index is 0.141. The summed E-state index contributed by atoms with van der Waals surface area (Å²) >= 11 is 0. The van der Waals surface area contributed by atoms with Gasteiger partial charge in [0.05, 0.1) is 13.5 Å². The minimum Gasteiger partial charge on any atom is -0.496 e. The third-order valence-electron chi connectivity index (χ3n) is 3.92. The lowest BCUT2D eigenvalue weighted by Crippen LogP contribution is -2.20. The molecule has 5 heteroatoms. The van der Waals surface area contributed by atoms with E-state index in [2.05, 4.69) is 10.6 Å². The van der Waals surface area contributed by atoms with Crippen LogP contribution in [-0.4, -0.2) is 26.0 Å². The van der Waals surface area contributed by atoms with E-state index >= 15 is 0 Å². The van der Waals surface area contributed by atoms with E-state index in [1.54, 1.807) is 32.4 Å². The van der Waals surface area contributed by atoms with Crippen LogP contribution in [0.3, 0.4) is 0 Å². The Kier molecular flexibility index (Phi) is 5.58. The van der Waals surface area contributed by atoms with Crippen LogP contribution in [0.2, 0.25) is 0 Å². The summed E-state index contributed by atoms with van der Waals surface area (Å²) in [5, 5.41) is 5.47. The Morgan fingerprint density at radius 1 is 1.12 bits per heavy atom. The summed E-state index contributed by atoms with van der Waals surface area (Å²) in [6, 6.07) is 11.0. The highest BCUT2D eigenvalue weighted by Gasteiger charge is 2.12. The second-order valence-corrected chi connectivity index (χ2v) is 5.59. The lowest BCUT2D eigenvalue weighted by Gasteiger charge is -2.12. The van der Waals surface area contributed by atoms with Crippen LogP contribution in [0.1, 0.15) is 27.0 Å². The summed E-state index contributed by atoms with van der Waals surface area (Å²) in [6.07, 6.45) is 0.236. The molecule has 2 aromatic rings. The first-order chi connectivity index (χ1) is 11.5. The molecule has 2 N–H and O–H groups in total. The second-order valence-electron chi connectivity index (χ2n) is 5.59. The van der Waals surface area contributed by atoms with Crippen LogP contribution in [0.4, 0.5) is 5.69 Å². The van der Waals surface area contributed by atoms with E-state index in [1.807, 2.05) is 32.0 Å². The van der Waals surface area contributed by atoms with E-state index in [9.17, 15) is 9.59 Å². The van der Waals surface area contributed by atoms with Crippen LogP contribution < -0.4 is 15.4 Å². The van der Waals surface area contributed by atoms with E-state index in [-0.39, 0.29) is 18.2 Å². The van der Waals surface area contributed by atoms with E-state index in [4.69, 9.17) is 4.74 Å². The van der Waals surface area contributed by atoms with Crippen molar-refractivity contribution < 1.29 is 14.3 Å². The molecule has 0 saturated heterocycles. The number of aryl methyl sites for hydroxylation is 1. The average Bonchev–Trinajstić information content (AvgIpc) is 2.57. The van der Waals surface area contributed by atoms with E-state index in [0.717, 1.165) is 22.4 Å². The number of methoxy groups -OCH3 is 1. The predicted molar refractivity (Wildman–Crippen MR) is 94.6 cm³/mol. The molecule has 2 aromatic carbocycles. The molecule has 5 nitrogen and oxygen atoms in total. The van der Waals surface area contributed by atoms with Gasteiger partial charge in [-0.1, -0.05) is 18.2 Å². The molecule has 24 heavy (non-hydrogen) atoms. The van der Waals surface area contributed by atoms with Crippen LogP contribution in [0.15, 0.2) is 36.4 Å². The van der Waals surface area contributed by atoms with Crippen molar-refractivity contribution in [2.45, 2.75) is 20.3 Å². The minimum atomic E-state index is -0.174. The quantitative estimate of drug-likeness (QED) is 0.888. The van der Waals surface area contributed by atoms with Gasteiger partial charge in [0, 0.05) is 18.3 Å². The molecule has 0 aliphatic carbocycles. The third-order valence-corrected chi connectivity index (χ3v) is 3.92. The van der Waals surface area contributed by atoms with Gasteiger partial charge in [0.15, 0.2) is 0 Å². The molecule has 2 amide bonds. The molecule has 0 bridgehead atoms. The van der Waals surface area contributed by atoms with Crippen molar-refractivity contribution in [3.05, 3.63) is 58.7 Å². The summed E-state index contributed by atoms with van der Waals surface area (Å²) in [6.45, 7) is 3.77. The molecule has 0 saturated carbocycles. The molecule has 0 heterocycles. The Hall–Kier alpha value is -2.82. The van der Waals surface area contributed by atoms with Crippen molar-refractivity contribution in [3.8, 4) is 5.75 Å². The maximum atomic E-state index is 12.3. The van der Waals surface area contributed by atoms with Gasteiger partial charge in [0.2, 0.25) is 5.91 Å². The van der Waals surface area contributed by atoms with Crippen molar-refractivity contribution in [1.82, 2.24) is 5.32 Å². The van der Waals surface area contributed by atoms with Gasteiger partial charge in [-0.2, -0.15) is 0 Å². The smallest absolute Gasteiger partial charge is 0.251 e. The highest BCUT2D eigenvalue weighted by molar-refractivity contribution is 5.99. The SMILES string of the molecule is CNC(=O)c1cccc(NC(=O)Cc2ccc(C)c(OC)c2)c1C. The number of hydrogen-bond donors (Lipinski definition) is 2. The van der Waals surface area contributed by atoms with Gasteiger partial charge in [-0.3, -0.25) is 9.59 Å². The van der Waals surface area contributed by atoms with E-state index < -0.39 is 0 Å². The topological polar surface area (TPSA) is 67.4 Å². The van der Waals surface area contributed by atoms with Gasteiger partial charge in [0.25, 0.3) is 5.91 Å². The van der Waals surface area contributed by atoms with Crippen molar-refractivity contribution in [1.29, 1.82) is 0 Å². The molecule has 0 spiro atoms. The summed E-state index contributed by atoms with van der Waals surface area (Å²) in [5.74, 6) is 0.447. The van der Waals surface area contributed by atoms with E-state index in [1.165, 1.54) is 0 Å². The summed E-state index contributed by atoms with van der Waals surface area (Å²) in [5.41, 5.74) is 3.82. The van der Waals surface area contributed by atoms with Gasteiger partial charge in [-0.15, -0.1) is 0 Å². The first-order valence-corrected chi connectivity index (χ1v) is 7.71. The molecule has 0 aliphatic rings. The molecule has 0 aromatic heterocycles. The number of ether oxygens (including phenoxy) is 1. The zero-order chi connectivity index (χ0) is 17.7. The monoisotopic (exact) mass is 326 g/mol. The zero-order valence-corrected chi connectivity index (χ0v) is 14.4. The lowest BCUT2D eigenvalue weighted by atomic mass is 10.1. The van der Waals surface area contributed by atoms with Gasteiger partial charge >= 0.3 is 0 Å². The van der Waals surface area contributed by atoms with Crippen LogP contribution in [0, 0.1) is 13.8 Å². The second kappa shape index (κ2) is 7.64. The number of nitrogens with one attached hydrogen (secondary N) is 2. The first-order valence-electron chi connectivity index (χ1n) is 7.71. The largest absolute Gasteiger partial charge is 0.496 e. The molecule has 126 valence electrons. The molecule has 0 fully saturated rings. The number of hydrogen-bond acceptors (Lipinski definition) is 3. The molecule has 0 unspecified atom stereocenters. The third kappa shape index (κ3) is 3.93. The first kappa shape index (κ1) is 17.5. The maximum absolute atomic E-state index is 12.3. The number of carbonyl (C=O) groups is 2. The van der Waals surface area contributed by atoms with Crippen molar-refractivity contribution in [2.24, 2.45) is 0 Å². The number of carbonyl (C=O) groups excluding carboxylic acids is 2. The van der Waals surface area contributed by atoms with Gasteiger partial charge < -0.3 is 15.4 Å². The predicted octanol–water partition coefficient (Wildman–Crippen LogP) is 2.85. The maximum Gasteiger partial charge on any atom is 0.251 e. The van der Waals surface area contributed by atoms with Gasteiger partial charge in [0.1, 0.15) is 5.75 Å². The molecule has 0 radical (unpaired) electrons. The fourth-order valence-electron chi connectivity index (χ4n) is 2.51. The van der Waals surface area contributed by atoms with Crippen LogP contribution in [0.5, 0.6) is 5.75 Å². The van der Waals surface area contributed by atoms with E-state index in [0.29, 0.717) is 11.3 Å². The lowest BCUT2D eigenvalue weighted by molar-refractivity contribution is -0.115. The summed E-state index contributed by atoms with van der Waals surface area (Å²) < 4.78 is 5.28. The fraction of sp³-hybridized carbons (Fsp3) is 0.263.